The lowest BCUT2D eigenvalue weighted by atomic mass is 9.90. The van der Waals surface area contributed by atoms with Gasteiger partial charge in [0, 0.05) is 31.5 Å². The van der Waals surface area contributed by atoms with Crippen molar-refractivity contribution < 1.29 is 17.9 Å². The molecule has 1 unspecified atom stereocenters. The Morgan fingerprint density at radius 3 is 2.15 bits per heavy atom. The third-order valence-electron chi connectivity index (χ3n) is 9.69. The number of aryl methyl sites for hydroxylation is 3. The Balaban J connectivity index is 1.04. The van der Waals surface area contributed by atoms with Gasteiger partial charge in [0.05, 0.1) is 14.2 Å². The van der Waals surface area contributed by atoms with Gasteiger partial charge in [0.2, 0.25) is 0 Å². The number of aromatic nitrogens is 2. The Morgan fingerprint density at radius 2 is 1.50 bits per heavy atom. The summed E-state index contributed by atoms with van der Waals surface area (Å²) < 4.78 is 41.6. The average molecular weight is 643 g/mol. The normalized spacial score (nSPS) is 15.7. The number of methoxy groups -OCH3 is 2. The average Bonchev–Trinajstić information content (AvgIpc) is 3.84. The Hall–Kier alpha value is -3.82. The molecule has 0 bridgehead atoms. The molecule has 2 N–H and O–H groups in total. The number of nitrogens with two attached hydrogens (primary N) is 1. The van der Waals surface area contributed by atoms with Crippen LogP contribution in [0.1, 0.15) is 84.2 Å². The number of fused-ring (bicyclic) bond motifs is 2. The number of benzene rings is 3. The maximum atomic E-state index is 13.9. The van der Waals surface area contributed by atoms with Crippen LogP contribution in [-0.2, 0) is 48.9 Å². The lowest BCUT2D eigenvalue weighted by Crippen LogP contribution is -2.30. The highest BCUT2D eigenvalue weighted by molar-refractivity contribution is 7.89. The van der Waals surface area contributed by atoms with Crippen molar-refractivity contribution in [1.29, 1.82) is 0 Å². The van der Waals surface area contributed by atoms with Gasteiger partial charge in [0.1, 0.15) is 11.5 Å². The van der Waals surface area contributed by atoms with E-state index in [1.54, 1.807) is 31.2 Å². The SMILES string of the molecule is COc1ccc(CN(Cc2ccc(OC)cc2)S(=O)(=O)c2ccn(CCCCCCC3CCc4cc5c(c(N)c43)CCC5)n2)cc1. The molecule has 1 aromatic heterocycles. The van der Waals surface area contributed by atoms with E-state index in [9.17, 15) is 8.42 Å². The molecular weight excluding hydrogens is 596 g/mol. The predicted octanol–water partition coefficient (Wildman–Crippen LogP) is 7.04. The van der Waals surface area contributed by atoms with Gasteiger partial charge in [-0.25, -0.2) is 8.42 Å². The molecule has 0 fully saturated rings. The number of hydrogen-bond acceptors (Lipinski definition) is 6. The van der Waals surface area contributed by atoms with Gasteiger partial charge in [-0.3, -0.25) is 4.68 Å². The van der Waals surface area contributed by atoms with Gasteiger partial charge in [-0.05, 0) is 115 Å². The quantitative estimate of drug-likeness (QED) is 0.110. The molecule has 0 aliphatic heterocycles. The summed E-state index contributed by atoms with van der Waals surface area (Å²) in [6.07, 6.45) is 13.3. The maximum Gasteiger partial charge on any atom is 0.262 e. The van der Waals surface area contributed by atoms with Crippen molar-refractivity contribution in [1.82, 2.24) is 14.1 Å². The summed E-state index contributed by atoms with van der Waals surface area (Å²) in [4.78, 5) is 0. The van der Waals surface area contributed by atoms with Crippen LogP contribution in [0.15, 0.2) is 71.9 Å². The lowest BCUT2D eigenvalue weighted by Gasteiger charge is -2.21. The second-order valence-electron chi connectivity index (χ2n) is 12.7. The van der Waals surface area contributed by atoms with E-state index in [0.717, 1.165) is 54.0 Å². The molecule has 0 saturated heterocycles. The largest absolute Gasteiger partial charge is 0.497 e. The van der Waals surface area contributed by atoms with Gasteiger partial charge in [-0.15, -0.1) is 0 Å². The van der Waals surface area contributed by atoms with Crippen molar-refractivity contribution in [2.45, 2.75) is 94.8 Å². The van der Waals surface area contributed by atoms with E-state index in [2.05, 4.69) is 11.2 Å². The van der Waals surface area contributed by atoms with E-state index in [1.807, 2.05) is 48.5 Å². The first-order valence-electron chi connectivity index (χ1n) is 16.6. The van der Waals surface area contributed by atoms with Gasteiger partial charge in [0.25, 0.3) is 10.0 Å². The first-order chi connectivity index (χ1) is 22.4. The molecule has 0 spiro atoms. The molecule has 1 atom stereocenters. The molecular formula is C37H46N4O4S. The predicted molar refractivity (Wildman–Crippen MR) is 182 cm³/mol. The van der Waals surface area contributed by atoms with Crippen molar-refractivity contribution in [3.05, 3.63) is 100 Å². The number of ether oxygens (including phenoxy) is 2. The number of rotatable bonds is 15. The molecule has 1 heterocycles. The van der Waals surface area contributed by atoms with Gasteiger partial charge in [-0.1, -0.05) is 49.6 Å². The molecule has 8 nitrogen and oxygen atoms in total. The van der Waals surface area contributed by atoms with E-state index in [4.69, 9.17) is 15.2 Å². The molecule has 46 heavy (non-hydrogen) atoms. The third-order valence-corrected chi connectivity index (χ3v) is 11.4. The van der Waals surface area contributed by atoms with Crippen molar-refractivity contribution >= 4 is 15.7 Å². The van der Waals surface area contributed by atoms with E-state index in [1.165, 1.54) is 65.1 Å². The zero-order chi connectivity index (χ0) is 32.1. The molecule has 244 valence electrons. The van der Waals surface area contributed by atoms with Crippen LogP contribution in [0.5, 0.6) is 11.5 Å². The number of sulfonamides is 1. The molecule has 2 aliphatic rings. The summed E-state index contributed by atoms with van der Waals surface area (Å²) in [5, 5.41) is 4.59. The van der Waals surface area contributed by atoms with E-state index in [0.29, 0.717) is 12.5 Å². The summed E-state index contributed by atoms with van der Waals surface area (Å²) in [5.41, 5.74) is 15.4. The minimum atomic E-state index is -3.86. The third kappa shape index (κ3) is 7.10. The fourth-order valence-corrected chi connectivity index (χ4v) is 8.50. The van der Waals surface area contributed by atoms with Crippen LogP contribution < -0.4 is 15.2 Å². The fourth-order valence-electron chi connectivity index (χ4n) is 7.16. The van der Waals surface area contributed by atoms with Crippen LogP contribution in [0.25, 0.3) is 0 Å². The van der Waals surface area contributed by atoms with Crippen molar-refractivity contribution in [3.8, 4) is 11.5 Å². The molecule has 0 amide bonds. The number of nitrogen functional groups attached to an aromatic ring is 1. The standard InChI is InChI=1S/C37H46N4O4S/c1-44-32-17-11-27(12-18-32)25-41(26-28-13-19-33(45-2)20-14-28)46(42,43)35-21-23-40(39-35)22-6-4-3-5-8-29-15-16-31-24-30-9-7-10-34(30)37(38)36(29)31/h11-14,17-21,23-24,29H,3-10,15-16,22,25-26,38H2,1-2H3. The second kappa shape index (κ2) is 14.3. The topological polar surface area (TPSA) is 99.7 Å². The molecule has 3 aromatic carbocycles. The van der Waals surface area contributed by atoms with Crippen LogP contribution >= 0.6 is 0 Å². The highest BCUT2D eigenvalue weighted by Crippen LogP contribution is 2.44. The van der Waals surface area contributed by atoms with E-state index >= 15 is 0 Å². The Morgan fingerprint density at radius 1 is 0.848 bits per heavy atom. The second-order valence-corrected chi connectivity index (χ2v) is 14.6. The van der Waals surface area contributed by atoms with Gasteiger partial charge in [-0.2, -0.15) is 9.40 Å². The zero-order valence-corrected chi connectivity index (χ0v) is 27.9. The Labute approximate surface area is 273 Å². The minimum Gasteiger partial charge on any atom is -0.497 e. The summed E-state index contributed by atoms with van der Waals surface area (Å²) in [6.45, 7) is 1.12. The van der Waals surface area contributed by atoms with Crippen LogP contribution in [-0.4, -0.2) is 36.7 Å². The summed E-state index contributed by atoms with van der Waals surface area (Å²) in [7, 11) is -0.634. The molecule has 4 aromatic rings. The summed E-state index contributed by atoms with van der Waals surface area (Å²) in [6, 6.07) is 19.0. The van der Waals surface area contributed by atoms with Crippen molar-refractivity contribution in [2.75, 3.05) is 20.0 Å². The van der Waals surface area contributed by atoms with Crippen LogP contribution in [0.3, 0.4) is 0 Å². The molecule has 0 radical (unpaired) electrons. The molecule has 6 rings (SSSR count). The highest BCUT2D eigenvalue weighted by atomic mass is 32.2. The number of hydrogen-bond donors (Lipinski definition) is 1. The fraction of sp³-hybridized carbons (Fsp3) is 0.432. The van der Waals surface area contributed by atoms with Crippen LogP contribution in [0.2, 0.25) is 0 Å². The Bertz CT molecular complexity index is 1680. The highest BCUT2D eigenvalue weighted by Gasteiger charge is 2.29. The smallest absolute Gasteiger partial charge is 0.262 e. The van der Waals surface area contributed by atoms with E-state index in [-0.39, 0.29) is 18.1 Å². The van der Waals surface area contributed by atoms with Crippen molar-refractivity contribution in [3.63, 3.8) is 0 Å². The first kappa shape index (κ1) is 32.1. The summed E-state index contributed by atoms with van der Waals surface area (Å²) in [5.74, 6) is 2.05. The van der Waals surface area contributed by atoms with Gasteiger partial charge < -0.3 is 15.2 Å². The van der Waals surface area contributed by atoms with E-state index < -0.39 is 10.0 Å². The minimum absolute atomic E-state index is 0.0681. The molecule has 2 aliphatic carbocycles. The molecule has 9 heteroatoms. The zero-order valence-electron chi connectivity index (χ0n) is 27.1. The Kier molecular flexibility index (Phi) is 9.99. The van der Waals surface area contributed by atoms with Crippen LogP contribution in [0.4, 0.5) is 5.69 Å². The number of nitrogens with zero attached hydrogens (tertiary/aromatic N) is 3. The summed E-state index contributed by atoms with van der Waals surface area (Å²) >= 11 is 0. The molecule has 0 saturated carbocycles. The first-order valence-corrected chi connectivity index (χ1v) is 18.0. The lowest BCUT2D eigenvalue weighted by molar-refractivity contribution is 0.394. The number of unbranched alkanes of at least 4 members (excludes halogenated alkanes) is 3. The maximum absolute atomic E-state index is 13.9. The van der Waals surface area contributed by atoms with Gasteiger partial charge >= 0.3 is 0 Å². The number of anilines is 1. The van der Waals surface area contributed by atoms with Gasteiger partial charge in [0.15, 0.2) is 5.03 Å². The van der Waals surface area contributed by atoms with Crippen molar-refractivity contribution in [2.24, 2.45) is 0 Å². The monoisotopic (exact) mass is 642 g/mol. The van der Waals surface area contributed by atoms with Crippen LogP contribution in [0, 0.1) is 0 Å².